The van der Waals surface area contributed by atoms with E-state index in [1.54, 1.807) is 24.4 Å². The van der Waals surface area contributed by atoms with Crippen LogP contribution in [0.2, 0.25) is 0 Å². The lowest BCUT2D eigenvalue weighted by Gasteiger charge is -2.07. The Hall–Kier alpha value is -2.21. The summed E-state index contributed by atoms with van der Waals surface area (Å²) in [5.41, 5.74) is 1.39. The van der Waals surface area contributed by atoms with Crippen molar-refractivity contribution in [2.24, 2.45) is 0 Å². The van der Waals surface area contributed by atoms with Gasteiger partial charge in [-0.2, -0.15) is 0 Å². The predicted octanol–water partition coefficient (Wildman–Crippen LogP) is 2.49. The van der Waals surface area contributed by atoms with Gasteiger partial charge in [-0.3, -0.25) is 14.6 Å². The molecule has 2 aromatic rings. The summed E-state index contributed by atoms with van der Waals surface area (Å²) in [6, 6.07) is 12.7. The van der Waals surface area contributed by atoms with Gasteiger partial charge in [0.1, 0.15) is 6.42 Å². The van der Waals surface area contributed by atoms with E-state index in [4.69, 9.17) is 0 Å². The van der Waals surface area contributed by atoms with Gasteiger partial charge in [-0.05, 0) is 40.2 Å². The fourth-order valence-corrected chi connectivity index (χ4v) is 2.04. The smallest absolute Gasteiger partial charge is 0.233 e. The normalized spacial score (nSPS) is 9.95. The molecule has 0 saturated heterocycles. The molecule has 21 heavy (non-hydrogen) atoms. The molecule has 2 rings (SSSR count). The molecule has 2 amide bonds. The van der Waals surface area contributed by atoms with E-state index in [1.165, 1.54) is 0 Å². The van der Waals surface area contributed by atoms with E-state index in [0.717, 1.165) is 10.2 Å². The van der Waals surface area contributed by atoms with Gasteiger partial charge in [-0.1, -0.05) is 18.2 Å². The van der Waals surface area contributed by atoms with Gasteiger partial charge in [0.2, 0.25) is 11.8 Å². The molecule has 0 aliphatic rings. The molecule has 108 valence electrons. The molecule has 1 heterocycles. The Morgan fingerprint density at radius 3 is 2.52 bits per heavy atom. The van der Waals surface area contributed by atoms with Crippen molar-refractivity contribution in [2.45, 2.75) is 13.0 Å². The monoisotopic (exact) mass is 347 g/mol. The summed E-state index contributed by atoms with van der Waals surface area (Å²) < 4.78 is 0.771. The van der Waals surface area contributed by atoms with Gasteiger partial charge in [0.15, 0.2) is 0 Å². The summed E-state index contributed by atoms with van der Waals surface area (Å²) >= 11 is 3.33. The van der Waals surface area contributed by atoms with Gasteiger partial charge >= 0.3 is 0 Å². The fraction of sp³-hybridized carbons (Fsp3) is 0.133. The third-order valence-corrected chi connectivity index (χ3v) is 3.35. The summed E-state index contributed by atoms with van der Waals surface area (Å²) in [6.07, 6.45) is 1.43. The Balaban J connectivity index is 1.80. The third kappa shape index (κ3) is 5.00. The van der Waals surface area contributed by atoms with Crippen molar-refractivity contribution in [3.05, 3.63) is 58.8 Å². The molecule has 0 atom stereocenters. The first-order chi connectivity index (χ1) is 10.1. The minimum atomic E-state index is -0.361. The zero-order chi connectivity index (χ0) is 15.1. The highest BCUT2D eigenvalue weighted by atomic mass is 79.9. The average Bonchev–Trinajstić information content (AvgIpc) is 2.48. The van der Waals surface area contributed by atoms with Crippen molar-refractivity contribution in [1.82, 2.24) is 10.3 Å². The van der Waals surface area contributed by atoms with Crippen LogP contribution in [0.3, 0.4) is 0 Å². The summed E-state index contributed by atoms with van der Waals surface area (Å²) in [5, 5.41) is 5.33. The lowest BCUT2D eigenvalue weighted by Crippen LogP contribution is -2.28. The van der Waals surface area contributed by atoms with Crippen LogP contribution in [-0.4, -0.2) is 16.8 Å². The molecule has 5 nitrogen and oxygen atoms in total. The molecule has 0 saturated carbocycles. The molecule has 0 unspecified atom stereocenters. The largest absolute Gasteiger partial charge is 0.350 e. The molecule has 0 spiro atoms. The summed E-state index contributed by atoms with van der Waals surface area (Å²) in [5.74, 6) is -0.703. The maximum Gasteiger partial charge on any atom is 0.233 e. The predicted molar refractivity (Wildman–Crippen MR) is 83.5 cm³/mol. The lowest BCUT2D eigenvalue weighted by atomic mass is 10.3. The van der Waals surface area contributed by atoms with Crippen LogP contribution in [0.25, 0.3) is 0 Å². The molecule has 0 radical (unpaired) electrons. The molecule has 6 heteroatoms. The van der Waals surface area contributed by atoms with Crippen LogP contribution in [0.15, 0.2) is 53.1 Å². The van der Waals surface area contributed by atoms with Crippen LogP contribution in [-0.2, 0) is 16.1 Å². The van der Waals surface area contributed by atoms with Crippen LogP contribution in [0, 0.1) is 0 Å². The molecule has 0 bridgehead atoms. The second-order valence-corrected chi connectivity index (χ2v) is 5.16. The second kappa shape index (κ2) is 7.54. The highest BCUT2D eigenvalue weighted by molar-refractivity contribution is 9.10. The number of carbonyl (C=O) groups is 2. The standard InChI is InChI=1S/C15H14BrN3O2/c16-12-6-1-2-7-13(12)19-15(21)9-14(20)18-10-11-5-3-4-8-17-11/h1-8H,9-10H2,(H,18,20)(H,19,21). The van der Waals surface area contributed by atoms with Crippen molar-refractivity contribution in [3.8, 4) is 0 Å². The Labute approximate surface area is 130 Å². The fourth-order valence-electron chi connectivity index (χ4n) is 1.66. The maximum atomic E-state index is 11.8. The van der Waals surface area contributed by atoms with Crippen molar-refractivity contribution in [2.75, 3.05) is 5.32 Å². The molecule has 0 aliphatic heterocycles. The van der Waals surface area contributed by atoms with E-state index in [-0.39, 0.29) is 18.2 Å². The number of anilines is 1. The molecule has 2 N–H and O–H groups in total. The number of hydrogen-bond acceptors (Lipinski definition) is 3. The van der Waals surface area contributed by atoms with Crippen molar-refractivity contribution >= 4 is 33.4 Å². The van der Waals surface area contributed by atoms with Gasteiger partial charge in [-0.25, -0.2) is 0 Å². The number of rotatable bonds is 5. The quantitative estimate of drug-likeness (QED) is 0.816. The van der Waals surface area contributed by atoms with Crippen LogP contribution in [0.4, 0.5) is 5.69 Å². The molecule has 1 aromatic carbocycles. The SMILES string of the molecule is O=C(CC(=O)Nc1ccccc1Br)NCc1ccccn1. The van der Waals surface area contributed by atoms with E-state index < -0.39 is 0 Å². The van der Waals surface area contributed by atoms with Crippen LogP contribution in [0.1, 0.15) is 12.1 Å². The van der Waals surface area contributed by atoms with E-state index in [9.17, 15) is 9.59 Å². The maximum absolute atomic E-state index is 11.8. The number of aromatic nitrogens is 1. The Bertz CT molecular complexity index is 632. The highest BCUT2D eigenvalue weighted by Crippen LogP contribution is 2.21. The van der Waals surface area contributed by atoms with Crippen LogP contribution < -0.4 is 10.6 Å². The number of amides is 2. The zero-order valence-electron chi connectivity index (χ0n) is 11.2. The van der Waals surface area contributed by atoms with Crippen LogP contribution >= 0.6 is 15.9 Å². The number of halogens is 1. The van der Waals surface area contributed by atoms with E-state index >= 15 is 0 Å². The number of pyridine rings is 1. The third-order valence-electron chi connectivity index (χ3n) is 2.66. The Kier molecular flexibility index (Phi) is 5.45. The zero-order valence-corrected chi connectivity index (χ0v) is 12.8. The number of nitrogens with one attached hydrogen (secondary N) is 2. The molecule has 0 fully saturated rings. The summed E-state index contributed by atoms with van der Waals surface area (Å²) in [4.78, 5) is 27.6. The van der Waals surface area contributed by atoms with Gasteiger partial charge in [-0.15, -0.1) is 0 Å². The van der Waals surface area contributed by atoms with E-state index in [1.807, 2.05) is 24.3 Å². The van der Waals surface area contributed by atoms with Crippen LogP contribution in [0.5, 0.6) is 0 Å². The van der Waals surface area contributed by atoms with E-state index in [2.05, 4.69) is 31.5 Å². The molecule has 1 aromatic heterocycles. The Morgan fingerprint density at radius 2 is 1.81 bits per heavy atom. The van der Waals surface area contributed by atoms with E-state index in [0.29, 0.717) is 12.2 Å². The topological polar surface area (TPSA) is 71.1 Å². The van der Waals surface area contributed by atoms with Crippen molar-refractivity contribution < 1.29 is 9.59 Å². The van der Waals surface area contributed by atoms with Crippen molar-refractivity contribution in [1.29, 1.82) is 0 Å². The molecular formula is C15H14BrN3O2. The van der Waals surface area contributed by atoms with Gasteiger partial charge in [0.05, 0.1) is 17.9 Å². The number of carbonyl (C=O) groups excluding carboxylic acids is 2. The first-order valence-electron chi connectivity index (χ1n) is 6.36. The number of hydrogen-bond donors (Lipinski definition) is 2. The average molecular weight is 348 g/mol. The van der Waals surface area contributed by atoms with Gasteiger partial charge < -0.3 is 10.6 Å². The number of benzene rings is 1. The minimum Gasteiger partial charge on any atom is -0.350 e. The second-order valence-electron chi connectivity index (χ2n) is 4.30. The Morgan fingerprint density at radius 1 is 1.05 bits per heavy atom. The highest BCUT2D eigenvalue weighted by Gasteiger charge is 2.10. The number of nitrogens with zero attached hydrogens (tertiary/aromatic N) is 1. The lowest BCUT2D eigenvalue weighted by molar-refractivity contribution is -0.126. The van der Waals surface area contributed by atoms with Crippen molar-refractivity contribution in [3.63, 3.8) is 0 Å². The minimum absolute atomic E-state index is 0.228. The van der Waals surface area contributed by atoms with Gasteiger partial charge in [0.25, 0.3) is 0 Å². The summed E-state index contributed by atoms with van der Waals surface area (Å²) in [6.45, 7) is 0.308. The number of para-hydroxylation sites is 1. The first kappa shape index (κ1) is 15.2. The molecule has 0 aliphatic carbocycles. The molecular weight excluding hydrogens is 334 g/mol. The first-order valence-corrected chi connectivity index (χ1v) is 7.15. The van der Waals surface area contributed by atoms with Gasteiger partial charge in [0, 0.05) is 10.7 Å². The summed E-state index contributed by atoms with van der Waals surface area (Å²) in [7, 11) is 0.